The lowest BCUT2D eigenvalue weighted by Crippen LogP contribution is -2.48. The standard InChI is InChI=1S/C21H22FN3O3S3/c1-31(27,28)18-4-2-3-17-20(18)23-21(30-17)25-12-10-24(11-13-25)19(26)9-14-29-16-7-5-15(22)6-8-16/h2-8H,9-14H2,1H3. The number of halogens is 1. The van der Waals surface area contributed by atoms with Crippen LogP contribution in [0.5, 0.6) is 0 Å². The average molecular weight is 480 g/mol. The number of hydrogen-bond donors (Lipinski definition) is 0. The van der Waals surface area contributed by atoms with Crippen molar-refractivity contribution in [2.45, 2.75) is 16.2 Å². The van der Waals surface area contributed by atoms with E-state index in [0.717, 1.165) is 14.7 Å². The molecular formula is C21H22FN3O3S3. The van der Waals surface area contributed by atoms with Crippen LogP contribution in [-0.4, -0.2) is 62.4 Å². The van der Waals surface area contributed by atoms with Gasteiger partial charge in [0.05, 0.1) is 9.60 Å². The first-order valence-electron chi connectivity index (χ1n) is 9.82. The topological polar surface area (TPSA) is 70.6 Å². The summed E-state index contributed by atoms with van der Waals surface area (Å²) in [6.45, 7) is 2.53. The van der Waals surface area contributed by atoms with E-state index in [2.05, 4.69) is 9.88 Å². The molecule has 1 aliphatic heterocycles. The van der Waals surface area contributed by atoms with Crippen LogP contribution in [0, 0.1) is 5.82 Å². The molecule has 2 aromatic carbocycles. The monoisotopic (exact) mass is 479 g/mol. The third kappa shape index (κ3) is 5.19. The van der Waals surface area contributed by atoms with Gasteiger partial charge in [-0.3, -0.25) is 4.79 Å². The third-order valence-electron chi connectivity index (χ3n) is 5.07. The quantitative estimate of drug-likeness (QED) is 0.503. The van der Waals surface area contributed by atoms with Crippen LogP contribution in [0.25, 0.3) is 10.2 Å². The first-order valence-corrected chi connectivity index (χ1v) is 13.5. The molecule has 31 heavy (non-hydrogen) atoms. The molecule has 1 amide bonds. The van der Waals surface area contributed by atoms with Crippen LogP contribution >= 0.6 is 23.1 Å². The number of fused-ring (bicyclic) bond motifs is 1. The van der Waals surface area contributed by atoms with E-state index in [1.54, 1.807) is 36.0 Å². The second-order valence-electron chi connectivity index (χ2n) is 7.29. The van der Waals surface area contributed by atoms with E-state index >= 15 is 0 Å². The number of rotatable bonds is 6. The second-order valence-corrected chi connectivity index (χ2v) is 11.5. The van der Waals surface area contributed by atoms with Crippen molar-refractivity contribution in [3.63, 3.8) is 0 Å². The van der Waals surface area contributed by atoms with Crippen LogP contribution in [-0.2, 0) is 14.6 Å². The number of aromatic nitrogens is 1. The molecule has 164 valence electrons. The summed E-state index contributed by atoms with van der Waals surface area (Å²) in [5, 5.41) is 0.782. The first kappa shape index (κ1) is 22.0. The Hall–Kier alpha value is -2.17. The third-order valence-corrected chi connectivity index (χ3v) is 8.29. The Morgan fingerprint density at radius 2 is 1.84 bits per heavy atom. The van der Waals surface area contributed by atoms with Gasteiger partial charge in [0, 0.05) is 49.5 Å². The lowest BCUT2D eigenvalue weighted by molar-refractivity contribution is -0.131. The number of thioether (sulfide) groups is 1. The molecule has 0 unspecified atom stereocenters. The first-order chi connectivity index (χ1) is 14.8. The Balaban J connectivity index is 1.33. The van der Waals surface area contributed by atoms with E-state index in [1.165, 1.54) is 29.7 Å². The molecule has 10 heteroatoms. The predicted molar refractivity (Wildman–Crippen MR) is 123 cm³/mol. The Bertz CT molecular complexity index is 1190. The van der Waals surface area contributed by atoms with E-state index < -0.39 is 9.84 Å². The maximum atomic E-state index is 13.0. The molecule has 1 saturated heterocycles. The van der Waals surface area contributed by atoms with Crippen LogP contribution in [0.15, 0.2) is 52.3 Å². The molecule has 6 nitrogen and oxygen atoms in total. The number of piperazine rings is 1. The maximum Gasteiger partial charge on any atom is 0.223 e. The van der Waals surface area contributed by atoms with Crippen molar-refractivity contribution in [3.8, 4) is 0 Å². The normalized spacial score (nSPS) is 14.9. The molecule has 1 fully saturated rings. The number of carbonyl (C=O) groups excluding carboxylic acids is 1. The number of thiazole rings is 1. The average Bonchev–Trinajstić information content (AvgIpc) is 3.19. The summed E-state index contributed by atoms with van der Waals surface area (Å²) in [6, 6.07) is 11.5. The summed E-state index contributed by atoms with van der Waals surface area (Å²) in [4.78, 5) is 22.3. The molecule has 0 radical (unpaired) electrons. The molecule has 4 rings (SSSR count). The van der Waals surface area contributed by atoms with E-state index in [9.17, 15) is 17.6 Å². The van der Waals surface area contributed by atoms with Crippen LogP contribution in [0.3, 0.4) is 0 Å². The minimum Gasteiger partial charge on any atom is -0.345 e. The molecule has 0 saturated carbocycles. The van der Waals surface area contributed by atoms with Gasteiger partial charge in [0.2, 0.25) is 5.91 Å². The van der Waals surface area contributed by atoms with Crippen molar-refractivity contribution in [2.75, 3.05) is 43.1 Å². The van der Waals surface area contributed by atoms with Gasteiger partial charge in [-0.15, -0.1) is 11.8 Å². The summed E-state index contributed by atoms with van der Waals surface area (Å²) in [7, 11) is -3.35. The number of amides is 1. The summed E-state index contributed by atoms with van der Waals surface area (Å²) < 4.78 is 37.9. The van der Waals surface area contributed by atoms with E-state index in [-0.39, 0.29) is 16.6 Å². The minimum atomic E-state index is -3.35. The van der Waals surface area contributed by atoms with E-state index in [4.69, 9.17) is 0 Å². The lowest BCUT2D eigenvalue weighted by Gasteiger charge is -2.34. The van der Waals surface area contributed by atoms with Crippen LogP contribution in [0.4, 0.5) is 9.52 Å². The Morgan fingerprint density at radius 1 is 1.13 bits per heavy atom. The highest BCUT2D eigenvalue weighted by molar-refractivity contribution is 7.99. The van der Waals surface area contributed by atoms with Crippen molar-refractivity contribution >= 4 is 54.2 Å². The number of hydrogen-bond acceptors (Lipinski definition) is 7. The van der Waals surface area contributed by atoms with Crippen LogP contribution in [0.2, 0.25) is 0 Å². The van der Waals surface area contributed by atoms with Crippen molar-refractivity contribution in [2.24, 2.45) is 0 Å². The van der Waals surface area contributed by atoms with Crippen LogP contribution < -0.4 is 4.90 Å². The molecule has 3 aromatic rings. The minimum absolute atomic E-state index is 0.109. The number of benzene rings is 2. The van der Waals surface area contributed by atoms with Crippen molar-refractivity contribution in [3.05, 3.63) is 48.3 Å². The van der Waals surface area contributed by atoms with Crippen molar-refractivity contribution in [1.82, 2.24) is 9.88 Å². The zero-order valence-electron chi connectivity index (χ0n) is 17.0. The SMILES string of the molecule is CS(=O)(=O)c1cccc2sc(N3CCN(C(=O)CCSc4ccc(F)cc4)CC3)nc12. The van der Waals surface area contributed by atoms with Gasteiger partial charge in [0.1, 0.15) is 11.3 Å². The zero-order chi connectivity index (χ0) is 22.0. The molecule has 2 heterocycles. The fourth-order valence-electron chi connectivity index (χ4n) is 3.44. The number of carbonyl (C=O) groups is 1. The summed E-state index contributed by atoms with van der Waals surface area (Å²) in [6.07, 6.45) is 1.63. The zero-order valence-corrected chi connectivity index (χ0v) is 19.4. The second kappa shape index (κ2) is 9.13. The smallest absolute Gasteiger partial charge is 0.223 e. The highest BCUT2D eigenvalue weighted by Crippen LogP contribution is 2.33. The van der Waals surface area contributed by atoms with E-state index in [0.29, 0.717) is 43.9 Å². The van der Waals surface area contributed by atoms with Gasteiger partial charge in [-0.25, -0.2) is 17.8 Å². The van der Waals surface area contributed by atoms with Gasteiger partial charge in [-0.2, -0.15) is 0 Å². The molecular weight excluding hydrogens is 457 g/mol. The molecule has 0 bridgehead atoms. The van der Waals surface area contributed by atoms with Crippen molar-refractivity contribution in [1.29, 1.82) is 0 Å². The Morgan fingerprint density at radius 3 is 2.52 bits per heavy atom. The van der Waals surface area contributed by atoms with Crippen LogP contribution in [0.1, 0.15) is 6.42 Å². The van der Waals surface area contributed by atoms with Gasteiger partial charge in [0.25, 0.3) is 0 Å². The van der Waals surface area contributed by atoms with Gasteiger partial charge < -0.3 is 9.80 Å². The molecule has 0 atom stereocenters. The largest absolute Gasteiger partial charge is 0.345 e. The molecule has 1 aromatic heterocycles. The maximum absolute atomic E-state index is 13.0. The highest BCUT2D eigenvalue weighted by atomic mass is 32.2. The van der Waals surface area contributed by atoms with Gasteiger partial charge in [-0.05, 0) is 36.4 Å². The van der Waals surface area contributed by atoms with Gasteiger partial charge in [0.15, 0.2) is 15.0 Å². The number of sulfone groups is 1. The summed E-state index contributed by atoms with van der Waals surface area (Å²) >= 11 is 3.02. The summed E-state index contributed by atoms with van der Waals surface area (Å²) in [5.74, 6) is 0.494. The number of anilines is 1. The molecule has 0 spiro atoms. The predicted octanol–water partition coefficient (Wildman–Crippen LogP) is 3.67. The van der Waals surface area contributed by atoms with Gasteiger partial charge in [-0.1, -0.05) is 17.4 Å². The van der Waals surface area contributed by atoms with Gasteiger partial charge >= 0.3 is 0 Å². The Labute approximate surface area is 189 Å². The summed E-state index contributed by atoms with van der Waals surface area (Å²) in [5.41, 5.74) is 0.515. The Kier molecular flexibility index (Phi) is 6.49. The highest BCUT2D eigenvalue weighted by Gasteiger charge is 2.24. The lowest BCUT2D eigenvalue weighted by atomic mass is 10.3. The fourth-order valence-corrected chi connectivity index (χ4v) is 6.22. The molecule has 1 aliphatic rings. The molecule has 0 aliphatic carbocycles. The van der Waals surface area contributed by atoms with Crippen molar-refractivity contribution < 1.29 is 17.6 Å². The fraction of sp³-hybridized carbons (Fsp3) is 0.333. The van der Waals surface area contributed by atoms with E-state index in [1.807, 2.05) is 11.0 Å². The molecule has 0 N–H and O–H groups in total. The number of nitrogens with zero attached hydrogens (tertiary/aromatic N) is 3. The number of para-hydroxylation sites is 1.